The van der Waals surface area contributed by atoms with Gasteiger partial charge >= 0.3 is 11.9 Å². The molecule has 0 amide bonds. The van der Waals surface area contributed by atoms with Crippen LogP contribution in [0.2, 0.25) is 0 Å². The van der Waals surface area contributed by atoms with Crippen LogP contribution in [0.5, 0.6) is 0 Å². The number of methoxy groups -OCH3 is 2. The van der Waals surface area contributed by atoms with Crippen LogP contribution in [0, 0.1) is 50.2 Å². The van der Waals surface area contributed by atoms with Gasteiger partial charge in [-0.15, -0.1) is 0 Å². The number of aliphatic hydroxyl groups excluding tert-OH is 3. The van der Waals surface area contributed by atoms with Gasteiger partial charge in [0.15, 0.2) is 12.4 Å². The van der Waals surface area contributed by atoms with E-state index in [1.807, 2.05) is 0 Å². The lowest BCUT2D eigenvalue weighted by molar-refractivity contribution is -0.324. The van der Waals surface area contributed by atoms with Crippen LogP contribution < -0.4 is 0 Å². The maximum Gasteiger partial charge on any atom is 0.337 e. The van der Waals surface area contributed by atoms with E-state index in [1.54, 1.807) is 7.11 Å². The highest BCUT2D eigenvalue weighted by Crippen LogP contribution is 2.76. The Bertz CT molecular complexity index is 1290. The average molecular weight is 661 g/mol. The molecular formula is C38H60O9. The first kappa shape index (κ1) is 35.3. The highest BCUT2D eigenvalue weighted by atomic mass is 16.7. The molecule has 266 valence electrons. The summed E-state index contributed by atoms with van der Waals surface area (Å²) in [7, 11) is 2.75. The third kappa shape index (κ3) is 4.94. The van der Waals surface area contributed by atoms with Gasteiger partial charge in [0.25, 0.3) is 0 Å². The molecule has 0 aromatic carbocycles. The third-order valence-electron chi connectivity index (χ3n) is 15.5. The Labute approximate surface area is 281 Å². The van der Waals surface area contributed by atoms with Gasteiger partial charge in [-0.1, -0.05) is 60.1 Å². The zero-order valence-corrected chi connectivity index (χ0v) is 30.1. The molecule has 6 aliphatic rings. The van der Waals surface area contributed by atoms with Gasteiger partial charge in [-0.25, -0.2) is 4.79 Å². The van der Waals surface area contributed by atoms with Crippen molar-refractivity contribution in [1.82, 2.24) is 0 Å². The van der Waals surface area contributed by atoms with Crippen LogP contribution in [0.25, 0.3) is 0 Å². The van der Waals surface area contributed by atoms with Gasteiger partial charge in [0.1, 0.15) is 18.3 Å². The van der Waals surface area contributed by atoms with Crippen LogP contribution in [0.15, 0.2) is 11.6 Å². The standard InChI is InChI=1S/C38H60O9/c1-33(2)16-18-38(32(43)45-9)19-17-36(6)21(22(38)20-33)10-11-24-35(5)14-13-25(34(3,4)23(35)12-15-37(24,36)7)46-31-28(41)26(39)27(40)29(47-31)30(42)44-8/h10,22-29,31,39-41H,11-20H2,1-9H3/t22-,23-,24+,25-,26-,27-,28+,29-,31+,35-,36+,37+,38-/m0/s1. The van der Waals surface area contributed by atoms with Crippen molar-refractivity contribution in [2.24, 2.45) is 50.2 Å². The molecule has 5 fully saturated rings. The topological polar surface area (TPSA) is 132 Å². The van der Waals surface area contributed by atoms with Crippen molar-refractivity contribution in [3.05, 3.63) is 11.6 Å². The minimum atomic E-state index is -1.61. The van der Waals surface area contributed by atoms with Gasteiger partial charge in [-0.05, 0) is 109 Å². The van der Waals surface area contributed by atoms with Crippen molar-refractivity contribution in [2.75, 3.05) is 14.2 Å². The second kappa shape index (κ2) is 11.5. The first-order valence-corrected chi connectivity index (χ1v) is 18.0. The van der Waals surface area contributed by atoms with Crippen LogP contribution in [0.3, 0.4) is 0 Å². The lowest BCUT2D eigenvalue weighted by Crippen LogP contribution is -2.66. The van der Waals surface area contributed by atoms with Crippen molar-refractivity contribution in [3.8, 4) is 0 Å². The summed E-state index contributed by atoms with van der Waals surface area (Å²) < 4.78 is 22.5. The SMILES string of the molecule is COC(=O)[C@H]1O[C@@H](O[C@H]2CC[C@]3(C)[C@H]4CC=C5[C@@H]6CC(C)(C)CC[C@]6(C(=O)OC)CC[C@@]5(C)[C@]4(C)CC[C@H]3C2(C)C)[C@H](O)[C@@H](O)[C@@H]1O. The van der Waals surface area contributed by atoms with Crippen LogP contribution in [0.1, 0.15) is 113 Å². The zero-order valence-electron chi connectivity index (χ0n) is 30.1. The fourth-order valence-corrected chi connectivity index (χ4v) is 12.5. The smallest absolute Gasteiger partial charge is 0.337 e. The van der Waals surface area contributed by atoms with E-state index in [-0.39, 0.29) is 45.1 Å². The van der Waals surface area contributed by atoms with Crippen molar-refractivity contribution in [2.45, 2.75) is 149 Å². The van der Waals surface area contributed by atoms with Crippen molar-refractivity contribution >= 4 is 11.9 Å². The lowest BCUT2D eigenvalue weighted by atomic mass is 9.33. The molecule has 3 N–H and O–H groups in total. The Morgan fingerprint density at radius 3 is 2.15 bits per heavy atom. The van der Waals surface area contributed by atoms with Crippen LogP contribution in [-0.4, -0.2) is 78.3 Å². The van der Waals surface area contributed by atoms with E-state index in [1.165, 1.54) is 12.7 Å². The molecule has 5 aliphatic carbocycles. The van der Waals surface area contributed by atoms with Crippen LogP contribution >= 0.6 is 0 Å². The second-order valence-corrected chi connectivity index (χ2v) is 18.3. The van der Waals surface area contributed by atoms with Gasteiger partial charge in [0, 0.05) is 0 Å². The summed E-state index contributed by atoms with van der Waals surface area (Å²) in [5.41, 5.74) is 1.11. The average Bonchev–Trinajstić information content (AvgIpc) is 3.01. The third-order valence-corrected chi connectivity index (χ3v) is 15.5. The zero-order chi connectivity index (χ0) is 34.5. The van der Waals surface area contributed by atoms with E-state index in [4.69, 9.17) is 18.9 Å². The molecule has 9 heteroatoms. The summed E-state index contributed by atoms with van der Waals surface area (Å²) in [6.07, 6.45) is 4.53. The molecule has 0 aromatic rings. The Kier molecular flexibility index (Phi) is 8.65. The number of esters is 2. The number of hydrogen-bond acceptors (Lipinski definition) is 9. The molecule has 0 bridgehead atoms. The number of allylic oxidation sites excluding steroid dienone is 2. The molecule has 4 saturated carbocycles. The molecule has 1 heterocycles. The first-order chi connectivity index (χ1) is 21.8. The van der Waals surface area contributed by atoms with Crippen LogP contribution in [0.4, 0.5) is 0 Å². The van der Waals surface area contributed by atoms with Gasteiger partial charge < -0.3 is 34.3 Å². The number of ether oxygens (including phenoxy) is 4. The molecule has 47 heavy (non-hydrogen) atoms. The summed E-state index contributed by atoms with van der Waals surface area (Å²) >= 11 is 0. The maximum atomic E-state index is 13.5. The summed E-state index contributed by atoms with van der Waals surface area (Å²) in [4.78, 5) is 25.9. The van der Waals surface area contributed by atoms with E-state index in [0.29, 0.717) is 11.8 Å². The second-order valence-electron chi connectivity index (χ2n) is 18.3. The van der Waals surface area contributed by atoms with E-state index < -0.39 is 42.1 Å². The summed E-state index contributed by atoms with van der Waals surface area (Å²) in [5, 5.41) is 31.8. The van der Waals surface area contributed by atoms with Crippen LogP contribution in [-0.2, 0) is 28.5 Å². The number of hydrogen-bond donors (Lipinski definition) is 3. The normalized spacial score (nSPS) is 50.0. The minimum absolute atomic E-state index is 0.00306. The molecule has 9 nitrogen and oxygen atoms in total. The molecule has 0 radical (unpaired) electrons. The number of carbonyl (C=O) groups is 2. The first-order valence-electron chi connectivity index (χ1n) is 18.0. The number of aliphatic hydroxyl groups is 3. The van der Waals surface area contributed by atoms with Gasteiger partial charge in [0.2, 0.25) is 0 Å². The van der Waals surface area contributed by atoms with Gasteiger partial charge in [-0.3, -0.25) is 4.79 Å². The molecule has 0 aromatic heterocycles. The van der Waals surface area contributed by atoms with Crippen molar-refractivity contribution in [3.63, 3.8) is 0 Å². The summed E-state index contributed by atoms with van der Waals surface area (Å²) in [6, 6.07) is 0. The van der Waals surface area contributed by atoms with E-state index in [0.717, 1.165) is 64.2 Å². The molecule has 1 aliphatic heterocycles. The predicted octanol–water partition coefficient (Wildman–Crippen LogP) is 5.33. The molecule has 13 atom stereocenters. The van der Waals surface area contributed by atoms with Gasteiger partial charge in [-0.2, -0.15) is 0 Å². The largest absolute Gasteiger partial charge is 0.469 e. The number of fused-ring (bicyclic) bond motifs is 7. The molecule has 6 rings (SSSR count). The molecular weight excluding hydrogens is 600 g/mol. The quantitative estimate of drug-likeness (QED) is 0.208. The number of carbonyl (C=O) groups excluding carboxylic acids is 2. The van der Waals surface area contributed by atoms with Crippen molar-refractivity contribution in [1.29, 1.82) is 0 Å². The van der Waals surface area contributed by atoms with E-state index >= 15 is 0 Å². The van der Waals surface area contributed by atoms with E-state index in [9.17, 15) is 24.9 Å². The highest BCUT2D eigenvalue weighted by Gasteiger charge is 2.69. The highest BCUT2D eigenvalue weighted by molar-refractivity contribution is 5.78. The molecule has 0 unspecified atom stereocenters. The fourth-order valence-electron chi connectivity index (χ4n) is 12.5. The Balaban J connectivity index is 1.29. The summed E-state index contributed by atoms with van der Waals surface area (Å²) in [6.45, 7) is 16.8. The summed E-state index contributed by atoms with van der Waals surface area (Å²) in [5.74, 6) is 0.175. The van der Waals surface area contributed by atoms with Gasteiger partial charge in [0.05, 0.1) is 25.7 Å². The Morgan fingerprint density at radius 2 is 1.49 bits per heavy atom. The minimum Gasteiger partial charge on any atom is -0.469 e. The Morgan fingerprint density at radius 1 is 0.809 bits per heavy atom. The molecule has 1 saturated heterocycles. The molecule has 0 spiro atoms. The predicted molar refractivity (Wildman–Crippen MR) is 175 cm³/mol. The fraction of sp³-hybridized carbons (Fsp3) is 0.895. The number of rotatable bonds is 4. The van der Waals surface area contributed by atoms with Crippen molar-refractivity contribution < 1.29 is 43.9 Å². The van der Waals surface area contributed by atoms with E-state index in [2.05, 4.69) is 54.5 Å². The monoisotopic (exact) mass is 660 g/mol. The lowest BCUT2D eigenvalue weighted by Gasteiger charge is -2.71. The Hall–Kier alpha value is -1.52. The maximum absolute atomic E-state index is 13.5.